The van der Waals surface area contributed by atoms with Gasteiger partial charge in [0.2, 0.25) is 6.33 Å². The van der Waals surface area contributed by atoms with Gasteiger partial charge in [0, 0.05) is 23.0 Å². The number of nitrogens with two attached hydrogens (primary N) is 1. The second-order valence-electron chi connectivity index (χ2n) is 7.09. The van der Waals surface area contributed by atoms with Crippen LogP contribution in [0.2, 0.25) is 5.02 Å². The molecule has 4 rings (SSSR count). The molecule has 1 amide bonds. The van der Waals surface area contributed by atoms with Gasteiger partial charge in [-0.2, -0.15) is 5.10 Å². The van der Waals surface area contributed by atoms with Gasteiger partial charge in [-0.3, -0.25) is 4.79 Å². The van der Waals surface area contributed by atoms with E-state index in [1.54, 1.807) is 6.33 Å². The van der Waals surface area contributed by atoms with E-state index >= 15 is 0 Å². The standard InChI is InChI=1S/C18H22ClN5O/c19-14-3-1-2-13(10-14)18(11-20)6-4-15(5-7-18)23-8-9-24-16(17(23)25)21-12-22-24/h1-3,10,12,15H,4-9,11,20H2/p+1. The number of carbonyl (C=O) groups is 1. The average molecular weight is 361 g/mol. The largest absolute Gasteiger partial charge is 0.409 e. The van der Waals surface area contributed by atoms with Crippen molar-refractivity contribution in [3.05, 3.63) is 47.0 Å². The lowest BCUT2D eigenvalue weighted by atomic mass is 9.68. The zero-order chi connectivity index (χ0) is 17.4. The van der Waals surface area contributed by atoms with Crippen LogP contribution in [0.25, 0.3) is 0 Å². The molecule has 1 aromatic carbocycles. The third-order valence-corrected chi connectivity index (χ3v) is 6.09. The summed E-state index contributed by atoms with van der Waals surface area (Å²) in [6, 6.07) is 8.31. The first kappa shape index (κ1) is 16.5. The van der Waals surface area contributed by atoms with E-state index in [9.17, 15) is 4.79 Å². The van der Waals surface area contributed by atoms with Gasteiger partial charge in [-0.15, -0.1) is 4.68 Å². The number of hydrogen-bond acceptors (Lipinski definition) is 3. The van der Waals surface area contributed by atoms with Gasteiger partial charge in [-0.05, 0) is 48.4 Å². The van der Waals surface area contributed by atoms with Crippen LogP contribution in [0.15, 0.2) is 30.6 Å². The highest BCUT2D eigenvalue weighted by molar-refractivity contribution is 6.30. The summed E-state index contributed by atoms with van der Waals surface area (Å²) in [5, 5.41) is 3.74. The number of aromatic nitrogens is 3. The van der Waals surface area contributed by atoms with Crippen LogP contribution in [0.1, 0.15) is 41.9 Å². The highest BCUT2D eigenvalue weighted by Crippen LogP contribution is 2.41. The molecule has 1 fully saturated rings. The number of carbonyl (C=O) groups excluding carboxylic acids is 1. The molecule has 1 aromatic heterocycles. The predicted octanol–water partition coefficient (Wildman–Crippen LogP) is 1.65. The molecule has 2 aromatic rings. The number of H-pyrrole nitrogens is 1. The molecular formula is C18H23ClN5O+. The maximum absolute atomic E-state index is 12.7. The van der Waals surface area contributed by atoms with Gasteiger partial charge in [0.15, 0.2) is 0 Å². The molecule has 25 heavy (non-hydrogen) atoms. The fourth-order valence-corrected chi connectivity index (χ4v) is 4.50. The number of nitrogens with zero attached hydrogens (tertiary/aromatic N) is 3. The Morgan fingerprint density at radius 3 is 2.92 bits per heavy atom. The monoisotopic (exact) mass is 360 g/mol. The zero-order valence-electron chi connectivity index (χ0n) is 14.1. The summed E-state index contributed by atoms with van der Waals surface area (Å²) in [5.74, 6) is 0.539. The highest BCUT2D eigenvalue weighted by atomic mass is 35.5. The van der Waals surface area contributed by atoms with Crippen LogP contribution in [0.5, 0.6) is 0 Å². The number of amides is 1. The number of benzene rings is 1. The lowest BCUT2D eigenvalue weighted by Gasteiger charge is -2.43. The molecule has 1 saturated carbocycles. The summed E-state index contributed by atoms with van der Waals surface area (Å²) < 4.78 is 1.82. The van der Waals surface area contributed by atoms with E-state index in [0.29, 0.717) is 12.4 Å². The molecule has 0 bridgehead atoms. The molecule has 1 aliphatic heterocycles. The van der Waals surface area contributed by atoms with Gasteiger partial charge in [-0.1, -0.05) is 23.7 Å². The van der Waals surface area contributed by atoms with Gasteiger partial charge in [0.1, 0.15) is 6.54 Å². The molecule has 0 atom stereocenters. The van der Waals surface area contributed by atoms with E-state index < -0.39 is 0 Å². The Morgan fingerprint density at radius 2 is 2.20 bits per heavy atom. The minimum Gasteiger partial charge on any atom is -0.330 e. The third kappa shape index (κ3) is 2.83. The predicted molar refractivity (Wildman–Crippen MR) is 94.3 cm³/mol. The lowest BCUT2D eigenvalue weighted by Crippen LogP contribution is -2.58. The van der Waals surface area contributed by atoms with Crippen LogP contribution in [0.3, 0.4) is 0 Å². The third-order valence-electron chi connectivity index (χ3n) is 5.85. The minimum absolute atomic E-state index is 0.0282. The van der Waals surface area contributed by atoms with Gasteiger partial charge >= 0.3 is 11.7 Å². The van der Waals surface area contributed by atoms with Gasteiger partial charge < -0.3 is 10.6 Å². The van der Waals surface area contributed by atoms with Crippen LogP contribution in [0, 0.1) is 0 Å². The van der Waals surface area contributed by atoms with Crippen molar-refractivity contribution in [2.75, 3.05) is 13.1 Å². The van der Waals surface area contributed by atoms with E-state index in [1.807, 2.05) is 27.8 Å². The van der Waals surface area contributed by atoms with Crippen molar-refractivity contribution in [3.63, 3.8) is 0 Å². The zero-order valence-corrected chi connectivity index (χ0v) is 14.9. The van der Waals surface area contributed by atoms with Crippen molar-refractivity contribution < 1.29 is 9.48 Å². The first-order valence-electron chi connectivity index (χ1n) is 8.83. The molecule has 2 aliphatic rings. The fourth-order valence-electron chi connectivity index (χ4n) is 4.31. The van der Waals surface area contributed by atoms with Crippen molar-refractivity contribution >= 4 is 17.5 Å². The molecule has 2 heterocycles. The van der Waals surface area contributed by atoms with Crippen LogP contribution in [0.4, 0.5) is 0 Å². The van der Waals surface area contributed by atoms with E-state index in [-0.39, 0.29) is 17.4 Å². The minimum atomic E-state index is -0.0352. The number of hydrogen-bond donors (Lipinski definition) is 2. The Morgan fingerprint density at radius 1 is 1.40 bits per heavy atom. The van der Waals surface area contributed by atoms with Crippen molar-refractivity contribution in [3.8, 4) is 0 Å². The Labute approximate surface area is 152 Å². The average Bonchev–Trinajstić information content (AvgIpc) is 3.12. The van der Waals surface area contributed by atoms with Crippen molar-refractivity contribution in [2.45, 2.75) is 43.7 Å². The maximum Gasteiger partial charge on any atom is 0.409 e. The molecule has 0 unspecified atom stereocenters. The fraction of sp³-hybridized carbons (Fsp3) is 0.500. The SMILES string of the molecule is NCC1(c2cccc(Cl)c2)CCC(N2CC[n+]3[nH]cnc3C2=O)CC1. The molecule has 0 saturated heterocycles. The summed E-state index contributed by atoms with van der Waals surface area (Å²) in [5.41, 5.74) is 7.36. The molecule has 3 N–H and O–H groups in total. The summed E-state index contributed by atoms with van der Waals surface area (Å²) in [4.78, 5) is 18.9. The van der Waals surface area contributed by atoms with Crippen molar-refractivity contribution in [1.82, 2.24) is 15.0 Å². The lowest BCUT2D eigenvalue weighted by molar-refractivity contribution is -0.755. The van der Waals surface area contributed by atoms with Gasteiger partial charge in [0.25, 0.3) is 0 Å². The van der Waals surface area contributed by atoms with E-state index in [4.69, 9.17) is 17.3 Å². The molecule has 132 valence electrons. The number of aromatic amines is 1. The Kier molecular flexibility index (Phi) is 4.25. The molecule has 0 radical (unpaired) electrons. The van der Waals surface area contributed by atoms with E-state index in [0.717, 1.165) is 43.8 Å². The highest BCUT2D eigenvalue weighted by Gasteiger charge is 2.42. The van der Waals surface area contributed by atoms with Crippen LogP contribution < -0.4 is 10.4 Å². The molecule has 1 aliphatic carbocycles. The smallest absolute Gasteiger partial charge is 0.330 e. The summed E-state index contributed by atoms with van der Waals surface area (Å²) in [6.07, 6.45) is 5.44. The van der Waals surface area contributed by atoms with Crippen LogP contribution >= 0.6 is 11.6 Å². The first-order valence-corrected chi connectivity index (χ1v) is 9.21. The molecular weight excluding hydrogens is 338 g/mol. The normalized spacial score (nSPS) is 26.6. The van der Waals surface area contributed by atoms with E-state index in [1.165, 1.54) is 5.56 Å². The Balaban J connectivity index is 1.50. The second kappa shape index (κ2) is 6.42. The Bertz CT molecular complexity index is 781. The van der Waals surface area contributed by atoms with Crippen LogP contribution in [-0.2, 0) is 12.0 Å². The molecule has 7 heteroatoms. The topological polar surface area (TPSA) is 78.9 Å². The summed E-state index contributed by atoms with van der Waals surface area (Å²) in [7, 11) is 0. The molecule has 0 spiro atoms. The maximum atomic E-state index is 12.7. The number of rotatable bonds is 3. The second-order valence-corrected chi connectivity index (χ2v) is 7.52. The van der Waals surface area contributed by atoms with E-state index in [2.05, 4.69) is 16.1 Å². The van der Waals surface area contributed by atoms with Crippen molar-refractivity contribution in [1.29, 1.82) is 0 Å². The first-order chi connectivity index (χ1) is 12.1. The summed E-state index contributed by atoms with van der Waals surface area (Å²) in [6.45, 7) is 2.11. The quantitative estimate of drug-likeness (QED) is 0.817. The van der Waals surface area contributed by atoms with Crippen molar-refractivity contribution in [2.24, 2.45) is 5.73 Å². The van der Waals surface area contributed by atoms with Gasteiger partial charge in [0.05, 0.1) is 6.54 Å². The molecule has 6 nitrogen and oxygen atoms in total. The summed E-state index contributed by atoms with van der Waals surface area (Å²) >= 11 is 6.18. The Hall–Kier alpha value is -1.92. The van der Waals surface area contributed by atoms with Gasteiger partial charge in [-0.25, -0.2) is 0 Å². The number of fused-ring (bicyclic) bond motifs is 1. The number of halogens is 1. The number of nitrogens with one attached hydrogen (secondary N) is 1. The van der Waals surface area contributed by atoms with Crippen LogP contribution in [-0.4, -0.2) is 40.0 Å².